The number of piperazine rings is 1. The topological polar surface area (TPSA) is 101 Å². The number of nitro groups is 1. The van der Waals surface area contributed by atoms with Crippen molar-refractivity contribution >= 4 is 23.1 Å². The zero-order valence-corrected chi connectivity index (χ0v) is 24.1. The molecular formula is C31H38F3N5O4. The van der Waals surface area contributed by atoms with E-state index in [0.717, 1.165) is 61.5 Å². The highest BCUT2D eigenvalue weighted by atomic mass is 19.4. The van der Waals surface area contributed by atoms with Gasteiger partial charge in [-0.1, -0.05) is 6.42 Å². The predicted octanol–water partition coefficient (Wildman–Crippen LogP) is 6.29. The molecule has 3 unspecified atom stereocenters. The Labute approximate surface area is 248 Å². The number of fused-ring (bicyclic) bond motifs is 2. The van der Waals surface area contributed by atoms with Gasteiger partial charge in [0, 0.05) is 62.7 Å². The number of hydrogen-bond acceptors (Lipinski definition) is 7. The monoisotopic (exact) mass is 601 g/mol. The van der Waals surface area contributed by atoms with E-state index in [-0.39, 0.29) is 17.8 Å². The molecule has 3 aliphatic carbocycles. The van der Waals surface area contributed by atoms with Crippen molar-refractivity contribution in [3.63, 3.8) is 0 Å². The fourth-order valence-electron chi connectivity index (χ4n) is 7.58. The maximum Gasteiger partial charge on any atom is 0.423 e. The summed E-state index contributed by atoms with van der Waals surface area (Å²) >= 11 is 0. The van der Waals surface area contributed by atoms with Gasteiger partial charge in [-0.05, 0) is 80.9 Å². The molecule has 1 amide bonds. The molecule has 1 aromatic heterocycles. The zero-order valence-electron chi connectivity index (χ0n) is 24.1. The number of ether oxygens (including phenoxy) is 1. The summed E-state index contributed by atoms with van der Waals surface area (Å²) in [5, 5.41) is 14.1. The average molecular weight is 602 g/mol. The minimum atomic E-state index is -4.81. The van der Waals surface area contributed by atoms with Crippen LogP contribution in [-0.2, 0) is 11.0 Å². The Morgan fingerprint density at radius 2 is 1.79 bits per heavy atom. The lowest BCUT2D eigenvalue weighted by molar-refractivity contribution is -0.388. The van der Waals surface area contributed by atoms with Gasteiger partial charge in [-0.3, -0.25) is 14.9 Å². The molecular weight excluding hydrogens is 563 g/mol. The van der Waals surface area contributed by atoms with Crippen molar-refractivity contribution in [3.05, 3.63) is 52.2 Å². The second-order valence-corrected chi connectivity index (χ2v) is 12.6. The van der Waals surface area contributed by atoms with E-state index in [0.29, 0.717) is 44.2 Å². The van der Waals surface area contributed by atoms with Crippen LogP contribution in [0.3, 0.4) is 0 Å². The fourth-order valence-corrected chi connectivity index (χ4v) is 7.58. The summed E-state index contributed by atoms with van der Waals surface area (Å²) in [5.74, 6) is 4.03. The molecule has 3 atom stereocenters. The number of rotatable bonds is 8. The maximum absolute atomic E-state index is 13.3. The van der Waals surface area contributed by atoms with Gasteiger partial charge in [0.05, 0.1) is 11.0 Å². The molecule has 2 aromatic rings. The van der Waals surface area contributed by atoms with Gasteiger partial charge in [0.25, 0.3) is 5.69 Å². The van der Waals surface area contributed by atoms with Crippen molar-refractivity contribution in [2.45, 2.75) is 76.1 Å². The van der Waals surface area contributed by atoms with E-state index >= 15 is 0 Å². The van der Waals surface area contributed by atoms with E-state index in [1.807, 2.05) is 17.0 Å². The molecule has 1 aromatic carbocycles. The van der Waals surface area contributed by atoms with Crippen LogP contribution in [-0.4, -0.2) is 59.0 Å². The minimum absolute atomic E-state index is 0.0313. The summed E-state index contributed by atoms with van der Waals surface area (Å²) < 4.78 is 46.3. The number of benzene rings is 1. The molecule has 2 heterocycles. The van der Waals surface area contributed by atoms with Crippen molar-refractivity contribution in [1.29, 1.82) is 0 Å². The highest BCUT2D eigenvalue weighted by Gasteiger charge is 2.41. The first-order valence-corrected chi connectivity index (χ1v) is 15.4. The van der Waals surface area contributed by atoms with Crippen LogP contribution in [0.4, 0.5) is 30.4 Å². The molecule has 2 bridgehead atoms. The lowest BCUT2D eigenvalue weighted by atomic mass is 9.86. The Morgan fingerprint density at radius 1 is 1.02 bits per heavy atom. The number of anilines is 2. The van der Waals surface area contributed by atoms with Crippen LogP contribution in [0.1, 0.15) is 63.4 Å². The smallest absolute Gasteiger partial charge is 0.423 e. The molecule has 0 spiro atoms. The number of carbonyl (C=O) groups excluding carboxylic acids is 1. The first-order chi connectivity index (χ1) is 20.6. The molecule has 43 heavy (non-hydrogen) atoms. The van der Waals surface area contributed by atoms with Gasteiger partial charge in [-0.25, -0.2) is 4.98 Å². The van der Waals surface area contributed by atoms with E-state index in [9.17, 15) is 28.1 Å². The quantitative estimate of drug-likeness (QED) is 0.281. The summed E-state index contributed by atoms with van der Waals surface area (Å²) in [6, 6.07) is 6.75. The maximum atomic E-state index is 13.3. The summed E-state index contributed by atoms with van der Waals surface area (Å²) in [5.41, 5.74) is -1.99. The lowest BCUT2D eigenvalue weighted by Crippen LogP contribution is -2.49. The van der Waals surface area contributed by atoms with Crippen LogP contribution < -0.4 is 15.0 Å². The van der Waals surface area contributed by atoms with Crippen LogP contribution in [0.25, 0.3) is 0 Å². The number of nitrogens with zero attached hydrogens (tertiary/aromatic N) is 4. The number of alkyl halides is 3. The summed E-state index contributed by atoms with van der Waals surface area (Å²) in [4.78, 5) is 31.7. The first-order valence-electron chi connectivity index (χ1n) is 15.4. The SMILES string of the molecule is O=C(CC1CC2CCC1C2)N1CCN(c2cc(O[C@H]3CC[C@H](Nc4ccc([N+](=O)[O-])c(C(F)(F)F)c4)CC3)ccn2)CC1. The Morgan fingerprint density at radius 3 is 2.44 bits per heavy atom. The Hall–Kier alpha value is -3.57. The fraction of sp³-hybridized carbons (Fsp3) is 0.613. The van der Waals surface area contributed by atoms with E-state index < -0.39 is 22.4 Å². The Kier molecular flexibility index (Phi) is 8.37. The number of amides is 1. The second-order valence-electron chi connectivity index (χ2n) is 12.6. The van der Waals surface area contributed by atoms with Crippen molar-refractivity contribution in [1.82, 2.24) is 9.88 Å². The van der Waals surface area contributed by atoms with Gasteiger partial charge in [0.15, 0.2) is 0 Å². The number of hydrogen-bond donors (Lipinski definition) is 1. The molecule has 3 saturated carbocycles. The van der Waals surface area contributed by atoms with Gasteiger partial charge in [-0.15, -0.1) is 0 Å². The van der Waals surface area contributed by atoms with Gasteiger partial charge in [0.2, 0.25) is 5.91 Å². The van der Waals surface area contributed by atoms with Gasteiger partial charge in [-0.2, -0.15) is 13.2 Å². The van der Waals surface area contributed by atoms with Gasteiger partial charge < -0.3 is 19.9 Å². The van der Waals surface area contributed by atoms with E-state index in [1.54, 1.807) is 6.20 Å². The van der Waals surface area contributed by atoms with Crippen LogP contribution in [0.15, 0.2) is 36.5 Å². The molecule has 0 radical (unpaired) electrons. The van der Waals surface area contributed by atoms with E-state index in [1.165, 1.54) is 31.7 Å². The second kappa shape index (κ2) is 12.2. The number of nitrogens with one attached hydrogen (secondary N) is 1. The summed E-state index contributed by atoms with van der Waals surface area (Å²) in [7, 11) is 0. The van der Waals surface area contributed by atoms with Crippen LogP contribution in [0.2, 0.25) is 0 Å². The van der Waals surface area contributed by atoms with E-state index in [2.05, 4.69) is 15.2 Å². The highest BCUT2D eigenvalue weighted by molar-refractivity contribution is 5.77. The zero-order chi connectivity index (χ0) is 30.1. The number of nitro benzene ring substituents is 1. The summed E-state index contributed by atoms with van der Waals surface area (Å²) in [6.07, 6.45) is 5.62. The largest absolute Gasteiger partial charge is 0.490 e. The van der Waals surface area contributed by atoms with Gasteiger partial charge in [0.1, 0.15) is 17.1 Å². The highest BCUT2D eigenvalue weighted by Crippen LogP contribution is 2.49. The number of halogens is 3. The molecule has 1 N–H and O–H groups in total. The minimum Gasteiger partial charge on any atom is -0.490 e. The Balaban J connectivity index is 0.967. The number of carbonyl (C=O) groups is 1. The van der Waals surface area contributed by atoms with Crippen LogP contribution in [0.5, 0.6) is 5.75 Å². The van der Waals surface area contributed by atoms with Crippen LogP contribution in [0, 0.1) is 27.9 Å². The van der Waals surface area contributed by atoms with Crippen molar-refractivity contribution in [2.75, 3.05) is 36.4 Å². The molecule has 4 aliphatic rings. The third kappa shape index (κ3) is 6.83. The summed E-state index contributed by atoms with van der Waals surface area (Å²) in [6.45, 7) is 2.86. The third-order valence-electron chi connectivity index (χ3n) is 9.84. The third-order valence-corrected chi connectivity index (χ3v) is 9.84. The normalized spacial score (nSPS) is 27.3. The number of pyridine rings is 1. The molecule has 6 rings (SSSR count). The molecule has 12 heteroatoms. The van der Waals surface area contributed by atoms with Crippen molar-refractivity contribution in [3.8, 4) is 5.75 Å². The lowest BCUT2D eigenvalue weighted by Gasteiger charge is -2.36. The molecule has 1 saturated heterocycles. The van der Waals surface area contributed by atoms with E-state index in [4.69, 9.17) is 4.74 Å². The average Bonchev–Trinajstić information content (AvgIpc) is 3.61. The standard InChI is InChI=1S/C31H38F3N5O4/c32-31(33,34)27-18-24(5-8-28(27)39(41)42)36-23-3-6-25(7-4-23)43-26-9-10-35-29(19-26)37-11-13-38(14-12-37)30(40)17-22-16-20-1-2-21(22)15-20/h5,8-10,18-23,25,36H,1-4,6-7,11-17H2/t20?,21?,22?,23-,25-. The molecule has 4 fully saturated rings. The van der Waals surface area contributed by atoms with Crippen molar-refractivity contribution < 1.29 is 27.6 Å². The first kappa shape index (κ1) is 29.5. The molecule has 9 nitrogen and oxygen atoms in total. The molecule has 232 valence electrons. The number of aromatic nitrogens is 1. The Bertz CT molecular complexity index is 1320. The van der Waals surface area contributed by atoms with Crippen LogP contribution >= 0.6 is 0 Å². The van der Waals surface area contributed by atoms with Gasteiger partial charge >= 0.3 is 6.18 Å². The van der Waals surface area contributed by atoms with Crippen molar-refractivity contribution in [2.24, 2.45) is 17.8 Å². The predicted molar refractivity (Wildman–Crippen MR) is 155 cm³/mol. The molecule has 1 aliphatic heterocycles.